The quantitative estimate of drug-likeness (QED) is 0.538. The fourth-order valence-electron chi connectivity index (χ4n) is 2.40. The second-order valence-electron chi connectivity index (χ2n) is 4.31. The van der Waals surface area contributed by atoms with Crippen molar-refractivity contribution in [2.24, 2.45) is 5.92 Å². The Bertz CT molecular complexity index is 149. The summed E-state index contributed by atoms with van der Waals surface area (Å²) in [5.74, 6) is 1.06. The molecule has 1 saturated carbocycles. The zero-order chi connectivity index (χ0) is 9.52. The van der Waals surface area contributed by atoms with Gasteiger partial charge in [0.25, 0.3) is 0 Å². The molecule has 0 bridgehead atoms. The van der Waals surface area contributed by atoms with Crippen LogP contribution in [0.1, 0.15) is 65.2 Å². The predicted octanol–water partition coefficient (Wildman–Crippen LogP) is 4.70. The largest absolute Gasteiger partial charge is 0.0856 e. The molecule has 0 heteroatoms. The maximum absolute atomic E-state index is 2.43. The Hall–Kier alpha value is -0.260. The van der Waals surface area contributed by atoms with E-state index < -0.39 is 0 Å². The Morgan fingerprint density at radius 2 is 1.92 bits per heavy atom. The van der Waals surface area contributed by atoms with Gasteiger partial charge in [-0.25, -0.2) is 0 Å². The molecule has 0 aliphatic heterocycles. The normalized spacial score (nSPS) is 19.7. The Morgan fingerprint density at radius 3 is 2.46 bits per heavy atom. The van der Waals surface area contributed by atoms with Crippen LogP contribution in [-0.4, -0.2) is 0 Å². The first-order valence-corrected chi connectivity index (χ1v) is 6.04. The Balaban J connectivity index is 2.18. The van der Waals surface area contributed by atoms with Gasteiger partial charge in [0.05, 0.1) is 0 Å². The minimum Gasteiger partial charge on any atom is -0.0856 e. The van der Waals surface area contributed by atoms with Gasteiger partial charge >= 0.3 is 0 Å². The monoisotopic (exact) mass is 180 g/mol. The summed E-state index contributed by atoms with van der Waals surface area (Å²) in [6, 6.07) is 0. The third kappa shape index (κ3) is 3.97. The minimum absolute atomic E-state index is 1.06. The zero-order valence-corrected chi connectivity index (χ0v) is 9.31. The number of allylic oxidation sites excluding steroid dienone is 2. The summed E-state index contributed by atoms with van der Waals surface area (Å²) in [5, 5.41) is 0. The lowest BCUT2D eigenvalue weighted by atomic mass is 9.97. The second-order valence-corrected chi connectivity index (χ2v) is 4.31. The minimum atomic E-state index is 1.06. The van der Waals surface area contributed by atoms with Gasteiger partial charge in [-0.15, -0.1) is 0 Å². The summed E-state index contributed by atoms with van der Waals surface area (Å²) < 4.78 is 0. The lowest BCUT2D eigenvalue weighted by molar-refractivity contribution is 0.499. The highest BCUT2D eigenvalue weighted by Gasteiger charge is 2.14. The smallest absolute Gasteiger partial charge is 0.0318 e. The van der Waals surface area contributed by atoms with E-state index in [-0.39, 0.29) is 0 Å². The molecule has 0 aromatic carbocycles. The van der Waals surface area contributed by atoms with Crippen LogP contribution >= 0.6 is 0 Å². The lowest BCUT2D eigenvalue weighted by Crippen LogP contribution is -1.94. The van der Waals surface area contributed by atoms with Gasteiger partial charge in [0.1, 0.15) is 0 Å². The summed E-state index contributed by atoms with van der Waals surface area (Å²) in [4.78, 5) is 0. The van der Waals surface area contributed by atoms with Gasteiger partial charge in [-0.3, -0.25) is 0 Å². The number of hydrogen-bond donors (Lipinski definition) is 0. The van der Waals surface area contributed by atoms with Gasteiger partial charge in [-0.05, 0) is 31.6 Å². The molecule has 0 spiro atoms. The molecule has 0 radical (unpaired) electrons. The van der Waals surface area contributed by atoms with E-state index in [0.29, 0.717) is 0 Å². The van der Waals surface area contributed by atoms with Crippen molar-refractivity contribution in [3.05, 3.63) is 11.6 Å². The Labute approximate surface area is 83.4 Å². The van der Waals surface area contributed by atoms with Gasteiger partial charge in [-0.1, -0.05) is 51.2 Å². The molecule has 1 fully saturated rings. The fraction of sp³-hybridized carbons (Fsp3) is 0.846. The molecule has 1 aliphatic rings. The Morgan fingerprint density at radius 1 is 1.23 bits per heavy atom. The molecular formula is C13H24. The first-order valence-electron chi connectivity index (χ1n) is 6.04. The van der Waals surface area contributed by atoms with Crippen LogP contribution in [-0.2, 0) is 0 Å². The maximum atomic E-state index is 2.43. The van der Waals surface area contributed by atoms with Crippen LogP contribution < -0.4 is 0 Å². The average molecular weight is 180 g/mol. The highest BCUT2D eigenvalue weighted by molar-refractivity contribution is 5.00. The van der Waals surface area contributed by atoms with E-state index in [2.05, 4.69) is 19.9 Å². The molecule has 0 amide bonds. The van der Waals surface area contributed by atoms with Crippen LogP contribution in [0.3, 0.4) is 0 Å². The molecule has 1 aliphatic carbocycles. The molecule has 76 valence electrons. The number of hydrogen-bond acceptors (Lipinski definition) is 0. The zero-order valence-electron chi connectivity index (χ0n) is 9.31. The topological polar surface area (TPSA) is 0 Å². The van der Waals surface area contributed by atoms with Gasteiger partial charge in [0, 0.05) is 0 Å². The number of rotatable bonds is 5. The SMILES string of the molecule is CCC=C(CC)CCC1CCCC1. The van der Waals surface area contributed by atoms with Crippen LogP contribution in [0.5, 0.6) is 0 Å². The molecule has 0 aromatic heterocycles. The predicted molar refractivity (Wildman–Crippen MR) is 59.9 cm³/mol. The summed E-state index contributed by atoms with van der Waals surface area (Å²) in [6.45, 7) is 4.53. The summed E-state index contributed by atoms with van der Waals surface area (Å²) in [5.41, 5.74) is 1.69. The first kappa shape index (κ1) is 10.8. The van der Waals surface area contributed by atoms with Crippen molar-refractivity contribution in [2.75, 3.05) is 0 Å². The van der Waals surface area contributed by atoms with Gasteiger partial charge in [0.2, 0.25) is 0 Å². The molecular weight excluding hydrogens is 156 g/mol. The van der Waals surface area contributed by atoms with Crippen LogP contribution in [0.2, 0.25) is 0 Å². The summed E-state index contributed by atoms with van der Waals surface area (Å²) >= 11 is 0. The maximum Gasteiger partial charge on any atom is -0.0318 e. The van der Waals surface area contributed by atoms with Gasteiger partial charge in [0.15, 0.2) is 0 Å². The molecule has 13 heavy (non-hydrogen) atoms. The van der Waals surface area contributed by atoms with Crippen molar-refractivity contribution < 1.29 is 0 Å². The molecule has 0 nitrogen and oxygen atoms in total. The molecule has 1 rings (SSSR count). The molecule has 0 saturated heterocycles. The summed E-state index contributed by atoms with van der Waals surface area (Å²) in [7, 11) is 0. The standard InChI is InChI=1S/C13H24/c1-3-7-12(4-2)10-11-13-8-5-6-9-13/h7,13H,3-6,8-11H2,1-2H3. The van der Waals surface area contributed by atoms with E-state index in [0.717, 1.165) is 5.92 Å². The highest BCUT2D eigenvalue weighted by Crippen LogP contribution is 2.30. The van der Waals surface area contributed by atoms with E-state index in [1.165, 1.54) is 51.4 Å². The van der Waals surface area contributed by atoms with Crippen molar-refractivity contribution in [3.8, 4) is 0 Å². The molecule has 0 unspecified atom stereocenters. The Kier molecular flexibility index (Phi) is 5.19. The van der Waals surface area contributed by atoms with Crippen molar-refractivity contribution in [1.29, 1.82) is 0 Å². The van der Waals surface area contributed by atoms with Crippen molar-refractivity contribution >= 4 is 0 Å². The van der Waals surface area contributed by atoms with Crippen molar-refractivity contribution in [3.63, 3.8) is 0 Å². The van der Waals surface area contributed by atoms with Crippen LogP contribution in [0.15, 0.2) is 11.6 Å². The lowest BCUT2D eigenvalue weighted by Gasteiger charge is -2.09. The molecule has 0 N–H and O–H groups in total. The van der Waals surface area contributed by atoms with Crippen LogP contribution in [0, 0.1) is 5.92 Å². The third-order valence-corrected chi connectivity index (χ3v) is 3.30. The molecule has 0 atom stereocenters. The van der Waals surface area contributed by atoms with Crippen LogP contribution in [0.25, 0.3) is 0 Å². The van der Waals surface area contributed by atoms with Crippen molar-refractivity contribution in [1.82, 2.24) is 0 Å². The van der Waals surface area contributed by atoms with E-state index in [1.54, 1.807) is 5.57 Å². The third-order valence-electron chi connectivity index (χ3n) is 3.30. The van der Waals surface area contributed by atoms with E-state index >= 15 is 0 Å². The average Bonchev–Trinajstić information content (AvgIpc) is 2.64. The second kappa shape index (κ2) is 6.23. The summed E-state index contributed by atoms with van der Waals surface area (Å²) in [6.07, 6.45) is 13.7. The fourth-order valence-corrected chi connectivity index (χ4v) is 2.40. The van der Waals surface area contributed by atoms with Gasteiger partial charge < -0.3 is 0 Å². The highest BCUT2D eigenvalue weighted by atomic mass is 14.2. The van der Waals surface area contributed by atoms with Crippen molar-refractivity contribution in [2.45, 2.75) is 65.2 Å². The first-order chi connectivity index (χ1) is 6.36. The van der Waals surface area contributed by atoms with Gasteiger partial charge in [-0.2, -0.15) is 0 Å². The molecule has 0 heterocycles. The van der Waals surface area contributed by atoms with Crippen LogP contribution in [0.4, 0.5) is 0 Å². The van der Waals surface area contributed by atoms with E-state index in [9.17, 15) is 0 Å². The van der Waals surface area contributed by atoms with E-state index in [1.807, 2.05) is 0 Å². The van der Waals surface area contributed by atoms with E-state index in [4.69, 9.17) is 0 Å². The molecule has 0 aromatic rings.